The van der Waals surface area contributed by atoms with E-state index in [1.165, 1.54) is 17.4 Å². The molecule has 1 aromatic heterocycles. The quantitative estimate of drug-likeness (QED) is 0.878. The predicted molar refractivity (Wildman–Crippen MR) is 61.0 cm³/mol. The molecular weight excluding hydrogens is 234 g/mol. The number of halogens is 1. The van der Waals surface area contributed by atoms with Gasteiger partial charge in [-0.3, -0.25) is 0 Å². The summed E-state index contributed by atoms with van der Waals surface area (Å²) in [5.74, 6) is -0.967. The maximum absolute atomic E-state index is 10.8. The lowest BCUT2D eigenvalue weighted by molar-refractivity contribution is 0.0697. The highest BCUT2D eigenvalue weighted by molar-refractivity contribution is 7.18. The van der Waals surface area contributed by atoms with E-state index in [0.717, 1.165) is 16.1 Å². The van der Waals surface area contributed by atoms with Gasteiger partial charge in [-0.05, 0) is 18.6 Å². The molecule has 0 aliphatic rings. The van der Waals surface area contributed by atoms with Gasteiger partial charge < -0.3 is 5.11 Å². The number of aromatic carboxylic acids is 1. The third-order valence-corrected chi connectivity index (χ3v) is 3.48. The molecule has 0 aliphatic heterocycles. The van der Waals surface area contributed by atoms with Gasteiger partial charge in [-0.1, -0.05) is 18.5 Å². The Morgan fingerprint density at radius 1 is 1.60 bits per heavy atom. The van der Waals surface area contributed by atoms with E-state index in [4.69, 9.17) is 16.7 Å². The molecule has 0 fully saturated rings. The smallest absolute Gasteiger partial charge is 0.335 e. The molecule has 0 radical (unpaired) electrons. The number of nitrogens with zero attached hydrogens (tertiary/aromatic N) is 1. The fraction of sp³-hybridized carbons (Fsp3) is 0.200. The fourth-order valence-corrected chi connectivity index (χ4v) is 2.60. The Labute approximate surface area is 95.3 Å². The summed E-state index contributed by atoms with van der Waals surface area (Å²) in [7, 11) is 0. The Bertz CT molecular complexity index is 535. The summed E-state index contributed by atoms with van der Waals surface area (Å²) in [4.78, 5) is 15.1. The predicted octanol–water partition coefficient (Wildman–Crippen LogP) is 3.21. The van der Waals surface area contributed by atoms with Gasteiger partial charge in [0.2, 0.25) is 0 Å². The van der Waals surface area contributed by atoms with Gasteiger partial charge in [0, 0.05) is 0 Å². The molecule has 2 aromatic rings. The van der Waals surface area contributed by atoms with E-state index in [0.29, 0.717) is 10.5 Å². The van der Waals surface area contributed by atoms with Gasteiger partial charge in [0.25, 0.3) is 0 Å². The summed E-state index contributed by atoms with van der Waals surface area (Å²) < 4.78 is 0.830. The fourth-order valence-electron chi connectivity index (χ4n) is 1.31. The minimum Gasteiger partial charge on any atom is -0.478 e. The molecule has 2 rings (SSSR count). The summed E-state index contributed by atoms with van der Waals surface area (Å²) in [6.45, 7) is 2.00. The molecule has 1 aromatic carbocycles. The van der Waals surface area contributed by atoms with Crippen molar-refractivity contribution in [3.63, 3.8) is 0 Å². The Morgan fingerprint density at radius 3 is 2.93 bits per heavy atom. The minimum absolute atomic E-state index is 0.207. The van der Waals surface area contributed by atoms with E-state index in [-0.39, 0.29) is 5.56 Å². The van der Waals surface area contributed by atoms with Crippen molar-refractivity contribution in [3.05, 3.63) is 27.7 Å². The Hall–Kier alpha value is -1.13. The second-order valence-electron chi connectivity index (χ2n) is 3.07. The first-order valence-electron chi connectivity index (χ1n) is 4.44. The minimum atomic E-state index is -0.967. The number of fused-ring (bicyclic) bond motifs is 1. The van der Waals surface area contributed by atoms with E-state index < -0.39 is 5.97 Å². The molecule has 78 valence electrons. The second kappa shape index (κ2) is 3.79. The molecule has 3 nitrogen and oxygen atoms in total. The number of hydrogen-bond donors (Lipinski definition) is 1. The van der Waals surface area contributed by atoms with Crippen molar-refractivity contribution in [1.82, 2.24) is 4.98 Å². The summed E-state index contributed by atoms with van der Waals surface area (Å²) in [6, 6.07) is 3.05. The van der Waals surface area contributed by atoms with E-state index in [1.807, 2.05) is 6.92 Å². The zero-order valence-corrected chi connectivity index (χ0v) is 9.52. The van der Waals surface area contributed by atoms with Crippen LogP contribution in [0.2, 0.25) is 5.02 Å². The molecule has 0 aliphatic carbocycles. The van der Waals surface area contributed by atoms with Crippen LogP contribution in [0.4, 0.5) is 0 Å². The Morgan fingerprint density at radius 2 is 2.33 bits per heavy atom. The Kier molecular flexibility index (Phi) is 2.63. The molecule has 15 heavy (non-hydrogen) atoms. The highest BCUT2D eigenvalue weighted by Gasteiger charge is 2.11. The number of carboxylic acid groups (broad SMARTS) is 1. The van der Waals surface area contributed by atoms with Crippen LogP contribution in [-0.2, 0) is 6.42 Å². The van der Waals surface area contributed by atoms with Gasteiger partial charge in [0.15, 0.2) is 0 Å². The van der Waals surface area contributed by atoms with Crippen LogP contribution in [-0.4, -0.2) is 16.1 Å². The standard InChI is InChI=1S/C10H8ClNO2S/c1-2-8-12-9-6(11)3-5(10(13)14)4-7(9)15-8/h3-4H,2H2,1H3,(H,13,14). The molecule has 1 heterocycles. The number of aryl methyl sites for hydroxylation is 1. The summed E-state index contributed by atoms with van der Waals surface area (Å²) in [6.07, 6.45) is 0.831. The third-order valence-electron chi connectivity index (χ3n) is 2.04. The van der Waals surface area contributed by atoms with Crippen LogP contribution in [0.3, 0.4) is 0 Å². The van der Waals surface area contributed by atoms with Crippen molar-refractivity contribution >= 4 is 39.1 Å². The molecule has 0 amide bonds. The summed E-state index contributed by atoms with van der Waals surface area (Å²) in [5.41, 5.74) is 0.905. The lowest BCUT2D eigenvalue weighted by Gasteiger charge is -1.95. The third kappa shape index (κ3) is 1.82. The van der Waals surface area contributed by atoms with Crippen molar-refractivity contribution in [2.24, 2.45) is 0 Å². The van der Waals surface area contributed by atoms with Gasteiger partial charge in [0.1, 0.15) is 5.52 Å². The van der Waals surface area contributed by atoms with E-state index >= 15 is 0 Å². The lowest BCUT2D eigenvalue weighted by Crippen LogP contribution is -1.95. The molecule has 0 saturated carbocycles. The maximum atomic E-state index is 10.8. The van der Waals surface area contributed by atoms with Crippen molar-refractivity contribution in [1.29, 1.82) is 0 Å². The van der Waals surface area contributed by atoms with Crippen molar-refractivity contribution in [2.45, 2.75) is 13.3 Å². The largest absolute Gasteiger partial charge is 0.478 e. The number of benzene rings is 1. The number of thiazole rings is 1. The highest BCUT2D eigenvalue weighted by atomic mass is 35.5. The number of rotatable bonds is 2. The summed E-state index contributed by atoms with van der Waals surface area (Å²) in [5, 5.41) is 10.2. The maximum Gasteiger partial charge on any atom is 0.335 e. The number of aromatic nitrogens is 1. The average molecular weight is 242 g/mol. The lowest BCUT2D eigenvalue weighted by atomic mass is 10.2. The molecule has 0 atom stereocenters. The molecule has 0 saturated heterocycles. The van der Waals surface area contributed by atoms with Gasteiger partial charge >= 0.3 is 5.97 Å². The van der Waals surface area contributed by atoms with Crippen molar-refractivity contribution < 1.29 is 9.90 Å². The van der Waals surface area contributed by atoms with Crippen LogP contribution in [0.25, 0.3) is 10.2 Å². The first kappa shape index (κ1) is 10.4. The summed E-state index contributed by atoms with van der Waals surface area (Å²) >= 11 is 7.44. The number of carboxylic acids is 1. The van der Waals surface area contributed by atoms with Gasteiger partial charge in [-0.2, -0.15) is 0 Å². The number of hydrogen-bond acceptors (Lipinski definition) is 3. The Balaban J connectivity index is 2.70. The normalized spacial score (nSPS) is 10.8. The van der Waals surface area contributed by atoms with Crippen LogP contribution in [0.15, 0.2) is 12.1 Å². The van der Waals surface area contributed by atoms with Gasteiger partial charge in [0.05, 0.1) is 20.3 Å². The monoisotopic (exact) mass is 241 g/mol. The van der Waals surface area contributed by atoms with Crippen LogP contribution in [0, 0.1) is 0 Å². The second-order valence-corrected chi connectivity index (χ2v) is 4.59. The zero-order valence-electron chi connectivity index (χ0n) is 7.95. The van der Waals surface area contributed by atoms with Crippen molar-refractivity contribution in [2.75, 3.05) is 0 Å². The zero-order chi connectivity index (χ0) is 11.0. The molecule has 0 unspecified atom stereocenters. The topological polar surface area (TPSA) is 50.2 Å². The first-order chi connectivity index (χ1) is 7.11. The van der Waals surface area contributed by atoms with Crippen LogP contribution < -0.4 is 0 Å². The van der Waals surface area contributed by atoms with Crippen LogP contribution in [0.5, 0.6) is 0 Å². The highest BCUT2D eigenvalue weighted by Crippen LogP contribution is 2.29. The molecule has 5 heteroatoms. The van der Waals surface area contributed by atoms with E-state index in [1.54, 1.807) is 6.07 Å². The van der Waals surface area contributed by atoms with Crippen molar-refractivity contribution in [3.8, 4) is 0 Å². The van der Waals surface area contributed by atoms with E-state index in [9.17, 15) is 4.79 Å². The van der Waals surface area contributed by atoms with Gasteiger partial charge in [-0.25, -0.2) is 9.78 Å². The first-order valence-corrected chi connectivity index (χ1v) is 5.63. The molecule has 0 spiro atoms. The van der Waals surface area contributed by atoms with Crippen LogP contribution >= 0.6 is 22.9 Å². The van der Waals surface area contributed by atoms with E-state index in [2.05, 4.69) is 4.98 Å². The SMILES string of the molecule is CCc1nc2c(Cl)cc(C(=O)O)cc2s1. The molecule has 0 bridgehead atoms. The van der Waals surface area contributed by atoms with Gasteiger partial charge in [-0.15, -0.1) is 11.3 Å². The molecule has 1 N–H and O–H groups in total. The van der Waals surface area contributed by atoms with Crippen LogP contribution in [0.1, 0.15) is 22.3 Å². The molecular formula is C10H8ClNO2S. The average Bonchev–Trinajstić information content (AvgIpc) is 2.61. The number of carbonyl (C=O) groups is 1.